The third kappa shape index (κ3) is 4.71. The number of ketones is 1. The number of nitrogens with zero attached hydrogens (tertiary/aromatic N) is 2. The molecule has 8 heteroatoms. The zero-order valence-electron chi connectivity index (χ0n) is 19.4. The van der Waals surface area contributed by atoms with E-state index in [1.807, 2.05) is 23.1 Å². The molecule has 0 radical (unpaired) electrons. The molecule has 1 saturated heterocycles. The number of piperazine rings is 1. The zero-order chi connectivity index (χ0) is 24.5. The van der Waals surface area contributed by atoms with Crippen LogP contribution in [0, 0.1) is 5.82 Å². The second-order valence-electron chi connectivity index (χ2n) is 8.79. The van der Waals surface area contributed by atoms with Crippen molar-refractivity contribution in [3.05, 3.63) is 75.9 Å². The molecule has 0 atom stereocenters. The third-order valence-corrected chi connectivity index (χ3v) is 7.78. The average molecular weight is 493 g/mol. The molecule has 0 spiro atoms. The Hall–Kier alpha value is -3.52. The number of esters is 1. The summed E-state index contributed by atoms with van der Waals surface area (Å²) in [5, 5.41) is 0. The summed E-state index contributed by atoms with van der Waals surface area (Å²) in [5.41, 5.74) is 4.34. The van der Waals surface area contributed by atoms with Gasteiger partial charge in [0.15, 0.2) is 12.4 Å². The van der Waals surface area contributed by atoms with Gasteiger partial charge in [-0.25, -0.2) is 9.18 Å². The summed E-state index contributed by atoms with van der Waals surface area (Å²) in [6, 6.07) is 14.6. The number of benzene rings is 2. The van der Waals surface area contributed by atoms with Crippen molar-refractivity contribution in [1.29, 1.82) is 0 Å². The van der Waals surface area contributed by atoms with Crippen molar-refractivity contribution >= 4 is 34.7 Å². The number of hydrogen-bond donors (Lipinski definition) is 0. The van der Waals surface area contributed by atoms with Crippen LogP contribution in [0.25, 0.3) is 10.4 Å². The van der Waals surface area contributed by atoms with Crippen molar-refractivity contribution in [1.82, 2.24) is 4.90 Å². The largest absolute Gasteiger partial charge is 0.451 e. The summed E-state index contributed by atoms with van der Waals surface area (Å²) in [6.07, 6.45) is 1.83. The molecular weight excluding hydrogens is 467 g/mol. The number of aryl methyl sites for hydroxylation is 2. The average Bonchev–Trinajstić information content (AvgIpc) is 3.32. The lowest BCUT2D eigenvalue weighted by atomic mass is 9.91. The smallest absolute Gasteiger partial charge is 0.348 e. The van der Waals surface area contributed by atoms with Gasteiger partial charge in [-0.2, -0.15) is 0 Å². The molecule has 2 heterocycles. The van der Waals surface area contributed by atoms with Crippen LogP contribution in [0.4, 0.5) is 10.1 Å². The highest BCUT2D eigenvalue weighted by Crippen LogP contribution is 2.39. The Balaban J connectivity index is 1.15. The number of Topliss-reactive ketones (excluding diaryl/α,β-unsaturated/α-hetero) is 1. The highest BCUT2D eigenvalue weighted by molar-refractivity contribution is 7.17. The van der Waals surface area contributed by atoms with E-state index < -0.39 is 11.8 Å². The van der Waals surface area contributed by atoms with Gasteiger partial charge in [0.05, 0.1) is 5.69 Å². The second kappa shape index (κ2) is 9.62. The summed E-state index contributed by atoms with van der Waals surface area (Å²) < 4.78 is 19.8. The molecule has 1 aromatic heterocycles. The van der Waals surface area contributed by atoms with Gasteiger partial charge >= 0.3 is 5.97 Å². The van der Waals surface area contributed by atoms with Crippen LogP contribution in [0.15, 0.2) is 48.5 Å². The Morgan fingerprint density at radius 1 is 0.971 bits per heavy atom. The summed E-state index contributed by atoms with van der Waals surface area (Å²) in [7, 11) is 0. The number of halogens is 1. The van der Waals surface area contributed by atoms with Gasteiger partial charge in [0.25, 0.3) is 5.91 Å². The lowest BCUT2D eigenvalue weighted by molar-refractivity contribution is -0.134. The van der Waals surface area contributed by atoms with Crippen molar-refractivity contribution in [2.45, 2.75) is 19.8 Å². The molecule has 0 N–H and O–H groups in total. The first-order valence-electron chi connectivity index (χ1n) is 11.6. The van der Waals surface area contributed by atoms with E-state index in [9.17, 15) is 18.8 Å². The first-order valence-corrected chi connectivity index (χ1v) is 12.4. The molecule has 2 aromatic carbocycles. The molecule has 180 valence electrons. The van der Waals surface area contributed by atoms with Crippen molar-refractivity contribution in [2.75, 3.05) is 37.7 Å². The quantitative estimate of drug-likeness (QED) is 0.391. The minimum Gasteiger partial charge on any atom is -0.451 e. The zero-order valence-corrected chi connectivity index (χ0v) is 20.2. The van der Waals surface area contributed by atoms with Crippen LogP contribution in [0.3, 0.4) is 0 Å². The first-order chi connectivity index (χ1) is 16.9. The first kappa shape index (κ1) is 23.2. The highest BCUT2D eigenvalue weighted by atomic mass is 32.1. The van der Waals surface area contributed by atoms with Gasteiger partial charge in [-0.3, -0.25) is 9.59 Å². The number of fused-ring (bicyclic) bond motifs is 3. The van der Waals surface area contributed by atoms with Crippen LogP contribution in [0.1, 0.15) is 38.1 Å². The SMILES string of the molecule is CC(=O)c1ccc(N2CCN(C(=O)COC(=O)c3cc4c(s3)-c3ccccc3CC4)CC2)c(F)c1. The van der Waals surface area contributed by atoms with Gasteiger partial charge in [0, 0.05) is 36.6 Å². The normalized spacial score (nSPS) is 14.8. The summed E-state index contributed by atoms with van der Waals surface area (Å²) in [4.78, 5) is 41.8. The van der Waals surface area contributed by atoms with Crippen LogP contribution in [-0.2, 0) is 22.4 Å². The molecule has 0 saturated carbocycles. The molecule has 3 aromatic rings. The topological polar surface area (TPSA) is 66.9 Å². The molecule has 1 amide bonds. The Morgan fingerprint density at radius 3 is 2.46 bits per heavy atom. The molecular formula is C27H25FN2O4S. The van der Waals surface area contributed by atoms with Crippen LogP contribution in [-0.4, -0.2) is 55.3 Å². The van der Waals surface area contributed by atoms with E-state index in [1.165, 1.54) is 35.5 Å². The lowest BCUT2D eigenvalue weighted by Gasteiger charge is -2.36. The van der Waals surface area contributed by atoms with Crippen molar-refractivity contribution in [3.63, 3.8) is 0 Å². The van der Waals surface area contributed by atoms with Gasteiger partial charge in [-0.1, -0.05) is 24.3 Å². The molecule has 2 aliphatic rings. The third-order valence-electron chi connectivity index (χ3n) is 6.59. The van der Waals surface area contributed by atoms with Crippen LogP contribution < -0.4 is 4.90 Å². The lowest BCUT2D eigenvalue weighted by Crippen LogP contribution is -2.50. The molecule has 0 unspecified atom stereocenters. The maximum Gasteiger partial charge on any atom is 0.348 e. The van der Waals surface area contributed by atoms with Crippen LogP contribution in [0.5, 0.6) is 0 Å². The Kier molecular flexibility index (Phi) is 6.38. The number of rotatable bonds is 5. The van der Waals surface area contributed by atoms with E-state index in [2.05, 4.69) is 12.1 Å². The fraction of sp³-hybridized carbons (Fsp3) is 0.296. The standard InChI is InChI=1S/C27H25FN2O4S/c1-17(31)19-8-9-23(22(28)14-19)29-10-12-30(13-11-29)25(32)16-34-27(33)24-15-20-7-6-18-4-2-3-5-21(18)26(20)35-24/h2-5,8-9,14-15H,6-7,10-13,16H2,1H3. The molecule has 1 aliphatic heterocycles. The number of amides is 1. The number of carbonyl (C=O) groups is 3. The number of hydrogen-bond acceptors (Lipinski definition) is 6. The molecule has 0 bridgehead atoms. The van der Waals surface area contributed by atoms with E-state index in [0.29, 0.717) is 42.3 Å². The number of carbonyl (C=O) groups excluding carboxylic acids is 3. The Labute approximate surface area is 206 Å². The van der Waals surface area contributed by atoms with Gasteiger partial charge in [0.2, 0.25) is 0 Å². The minimum atomic E-state index is -0.485. The van der Waals surface area contributed by atoms with Gasteiger partial charge in [-0.15, -0.1) is 11.3 Å². The maximum atomic E-state index is 14.5. The van der Waals surface area contributed by atoms with Gasteiger partial charge < -0.3 is 14.5 Å². The molecule has 1 aliphatic carbocycles. The molecule has 5 rings (SSSR count). The fourth-order valence-electron chi connectivity index (χ4n) is 4.64. The predicted octanol–water partition coefficient (Wildman–Crippen LogP) is 4.36. The van der Waals surface area contributed by atoms with E-state index in [1.54, 1.807) is 17.0 Å². The number of thiophene rings is 1. The van der Waals surface area contributed by atoms with E-state index in [4.69, 9.17) is 4.74 Å². The van der Waals surface area contributed by atoms with E-state index >= 15 is 0 Å². The number of ether oxygens (including phenoxy) is 1. The van der Waals surface area contributed by atoms with Gasteiger partial charge in [0.1, 0.15) is 10.7 Å². The van der Waals surface area contributed by atoms with E-state index in [0.717, 1.165) is 23.3 Å². The predicted molar refractivity (Wildman–Crippen MR) is 133 cm³/mol. The molecule has 1 fully saturated rings. The van der Waals surface area contributed by atoms with E-state index in [-0.39, 0.29) is 18.3 Å². The van der Waals surface area contributed by atoms with Crippen molar-refractivity contribution in [2.24, 2.45) is 0 Å². The van der Waals surface area contributed by atoms with Crippen LogP contribution >= 0.6 is 11.3 Å². The summed E-state index contributed by atoms with van der Waals surface area (Å²) in [5.74, 6) is -1.39. The second-order valence-corrected chi connectivity index (χ2v) is 9.84. The van der Waals surface area contributed by atoms with Crippen molar-refractivity contribution < 1.29 is 23.5 Å². The van der Waals surface area contributed by atoms with Gasteiger partial charge in [-0.05, 0) is 60.7 Å². The maximum absolute atomic E-state index is 14.5. The van der Waals surface area contributed by atoms with Crippen molar-refractivity contribution in [3.8, 4) is 10.4 Å². The fourth-order valence-corrected chi connectivity index (χ4v) is 5.81. The molecule has 35 heavy (non-hydrogen) atoms. The van der Waals surface area contributed by atoms with Crippen LogP contribution in [0.2, 0.25) is 0 Å². The minimum absolute atomic E-state index is 0.187. The highest BCUT2D eigenvalue weighted by Gasteiger charge is 2.26. The Bertz CT molecular complexity index is 1310. The monoisotopic (exact) mass is 492 g/mol. The summed E-state index contributed by atoms with van der Waals surface area (Å²) in [6.45, 7) is 2.78. The summed E-state index contributed by atoms with van der Waals surface area (Å²) >= 11 is 1.41. The molecule has 6 nitrogen and oxygen atoms in total. The Morgan fingerprint density at radius 2 is 1.71 bits per heavy atom. The number of anilines is 1.